The Kier molecular flexibility index (Phi) is 9.17. The highest BCUT2D eigenvalue weighted by molar-refractivity contribution is 6.32. The first-order valence-corrected chi connectivity index (χ1v) is 11.2. The third-order valence-corrected chi connectivity index (χ3v) is 5.69. The number of aromatic carboxylic acids is 1. The molecular weight excluding hydrogens is 455 g/mol. The third kappa shape index (κ3) is 7.10. The topological polar surface area (TPSA) is 79.3 Å². The van der Waals surface area contributed by atoms with E-state index in [0.717, 1.165) is 44.8 Å². The highest BCUT2D eigenvalue weighted by Gasteiger charge is 2.20. The van der Waals surface area contributed by atoms with Gasteiger partial charge in [0, 0.05) is 37.7 Å². The van der Waals surface area contributed by atoms with Crippen molar-refractivity contribution in [3.63, 3.8) is 0 Å². The molecule has 2 aromatic rings. The van der Waals surface area contributed by atoms with Crippen LogP contribution in [0.1, 0.15) is 22.3 Å². The number of carboxylic acids is 1. The van der Waals surface area contributed by atoms with E-state index in [2.05, 4.69) is 4.90 Å². The van der Waals surface area contributed by atoms with Gasteiger partial charge in [-0.2, -0.15) is 0 Å². The largest absolute Gasteiger partial charge is 0.481 e. The molecular formula is C23H26Cl2N2O5. The molecule has 0 bridgehead atoms. The SMILES string of the molecule is O=C(O)c1cccc(Cl)c1OCC(=O)N(CCCN1CCOCC1)Cc1cccc(Cl)c1. The molecule has 172 valence electrons. The average Bonchev–Trinajstić information content (AvgIpc) is 2.78. The van der Waals surface area contributed by atoms with Gasteiger partial charge in [0.2, 0.25) is 0 Å². The van der Waals surface area contributed by atoms with E-state index in [-0.39, 0.29) is 28.8 Å². The summed E-state index contributed by atoms with van der Waals surface area (Å²) in [5, 5.41) is 10.1. The van der Waals surface area contributed by atoms with Gasteiger partial charge in [0.1, 0.15) is 5.56 Å². The Hall–Kier alpha value is -2.32. The van der Waals surface area contributed by atoms with Gasteiger partial charge in [-0.25, -0.2) is 4.79 Å². The maximum Gasteiger partial charge on any atom is 0.339 e. The minimum Gasteiger partial charge on any atom is -0.481 e. The van der Waals surface area contributed by atoms with E-state index in [1.54, 1.807) is 11.0 Å². The first-order valence-electron chi connectivity index (χ1n) is 10.4. The van der Waals surface area contributed by atoms with Crippen molar-refractivity contribution in [3.05, 3.63) is 63.6 Å². The number of halogens is 2. The summed E-state index contributed by atoms with van der Waals surface area (Å²) in [5.41, 5.74) is 0.820. The standard InChI is InChI=1S/C23H26Cl2N2O5/c24-18-5-1-4-17(14-18)15-27(9-3-8-26-10-12-31-13-11-26)21(28)16-32-22-19(23(29)30)6-2-7-20(22)25/h1-2,4-7,14H,3,8-13,15-16H2,(H,29,30). The van der Waals surface area contributed by atoms with Gasteiger partial charge in [0.15, 0.2) is 12.4 Å². The number of hydrogen-bond donors (Lipinski definition) is 1. The molecule has 0 aliphatic carbocycles. The number of nitrogens with zero attached hydrogens (tertiary/aromatic N) is 2. The smallest absolute Gasteiger partial charge is 0.339 e. The van der Waals surface area contributed by atoms with E-state index < -0.39 is 5.97 Å². The van der Waals surface area contributed by atoms with Crippen molar-refractivity contribution in [3.8, 4) is 5.75 Å². The van der Waals surface area contributed by atoms with Gasteiger partial charge >= 0.3 is 5.97 Å². The number of para-hydroxylation sites is 1. The van der Waals surface area contributed by atoms with Gasteiger partial charge in [0.25, 0.3) is 5.91 Å². The predicted molar refractivity (Wildman–Crippen MR) is 123 cm³/mol. The Bertz CT molecular complexity index is 934. The lowest BCUT2D eigenvalue weighted by Gasteiger charge is -2.28. The maximum atomic E-state index is 13.0. The summed E-state index contributed by atoms with van der Waals surface area (Å²) in [7, 11) is 0. The van der Waals surface area contributed by atoms with Crippen LogP contribution in [0.3, 0.4) is 0 Å². The first-order chi connectivity index (χ1) is 15.4. The van der Waals surface area contributed by atoms with Gasteiger partial charge in [-0.05, 0) is 36.2 Å². The molecule has 2 aromatic carbocycles. The summed E-state index contributed by atoms with van der Waals surface area (Å²) in [6.07, 6.45) is 0.790. The molecule has 1 amide bonds. The predicted octanol–water partition coefficient (Wildman–Crippen LogP) is 3.82. The molecule has 1 aliphatic heterocycles. The van der Waals surface area contributed by atoms with Crippen molar-refractivity contribution in [2.75, 3.05) is 46.0 Å². The van der Waals surface area contributed by atoms with Crippen molar-refractivity contribution in [1.29, 1.82) is 0 Å². The molecule has 0 atom stereocenters. The Balaban J connectivity index is 1.66. The van der Waals surface area contributed by atoms with Gasteiger partial charge in [-0.15, -0.1) is 0 Å². The number of amides is 1. The van der Waals surface area contributed by atoms with E-state index in [9.17, 15) is 14.7 Å². The number of hydrogen-bond acceptors (Lipinski definition) is 5. The van der Waals surface area contributed by atoms with Crippen molar-refractivity contribution in [1.82, 2.24) is 9.80 Å². The minimum absolute atomic E-state index is 0.00830. The first kappa shape index (κ1) is 24.3. The summed E-state index contributed by atoms with van der Waals surface area (Å²) < 4.78 is 11.0. The van der Waals surface area contributed by atoms with E-state index in [1.807, 2.05) is 18.2 Å². The fraction of sp³-hybridized carbons (Fsp3) is 0.391. The molecule has 0 saturated carbocycles. The molecule has 3 rings (SSSR count). The van der Waals surface area contributed by atoms with Crippen molar-refractivity contribution >= 4 is 35.1 Å². The second-order valence-electron chi connectivity index (χ2n) is 7.46. The lowest BCUT2D eigenvalue weighted by molar-refractivity contribution is -0.134. The molecule has 32 heavy (non-hydrogen) atoms. The van der Waals surface area contributed by atoms with Gasteiger partial charge in [-0.3, -0.25) is 9.69 Å². The maximum absolute atomic E-state index is 13.0. The Morgan fingerprint density at radius 2 is 1.88 bits per heavy atom. The normalized spacial score (nSPS) is 14.2. The molecule has 0 unspecified atom stereocenters. The Morgan fingerprint density at radius 1 is 1.12 bits per heavy atom. The third-order valence-electron chi connectivity index (χ3n) is 5.16. The van der Waals surface area contributed by atoms with E-state index in [4.69, 9.17) is 32.7 Å². The summed E-state index contributed by atoms with van der Waals surface area (Å²) >= 11 is 12.2. The van der Waals surface area contributed by atoms with Crippen LogP contribution in [0.5, 0.6) is 5.75 Å². The van der Waals surface area contributed by atoms with Crippen molar-refractivity contribution in [2.45, 2.75) is 13.0 Å². The lowest BCUT2D eigenvalue weighted by Crippen LogP contribution is -2.40. The highest BCUT2D eigenvalue weighted by atomic mass is 35.5. The van der Waals surface area contributed by atoms with Crippen LogP contribution in [0, 0.1) is 0 Å². The van der Waals surface area contributed by atoms with Gasteiger partial charge in [-0.1, -0.05) is 41.4 Å². The Labute approximate surface area is 197 Å². The molecule has 1 fully saturated rings. The van der Waals surface area contributed by atoms with E-state index in [1.165, 1.54) is 18.2 Å². The van der Waals surface area contributed by atoms with Crippen LogP contribution in [-0.4, -0.2) is 72.8 Å². The molecule has 1 saturated heterocycles. The highest BCUT2D eigenvalue weighted by Crippen LogP contribution is 2.28. The number of rotatable bonds is 10. The van der Waals surface area contributed by atoms with Crippen molar-refractivity contribution in [2.24, 2.45) is 0 Å². The fourth-order valence-electron chi connectivity index (χ4n) is 3.51. The van der Waals surface area contributed by atoms with Crippen LogP contribution in [0.4, 0.5) is 0 Å². The molecule has 0 aromatic heterocycles. The second-order valence-corrected chi connectivity index (χ2v) is 8.31. The second kappa shape index (κ2) is 12.1. The Morgan fingerprint density at radius 3 is 2.59 bits per heavy atom. The van der Waals surface area contributed by atoms with Crippen LogP contribution in [0.15, 0.2) is 42.5 Å². The number of carbonyl (C=O) groups excluding carboxylic acids is 1. The fourth-order valence-corrected chi connectivity index (χ4v) is 3.95. The lowest BCUT2D eigenvalue weighted by atomic mass is 10.2. The minimum atomic E-state index is -1.17. The van der Waals surface area contributed by atoms with Crippen LogP contribution >= 0.6 is 23.2 Å². The summed E-state index contributed by atoms with van der Waals surface area (Å²) in [5.74, 6) is -1.44. The summed E-state index contributed by atoms with van der Waals surface area (Å²) in [6, 6.07) is 11.8. The van der Waals surface area contributed by atoms with E-state index in [0.29, 0.717) is 18.1 Å². The average molecular weight is 481 g/mol. The van der Waals surface area contributed by atoms with Crippen LogP contribution in [0.2, 0.25) is 10.0 Å². The number of ether oxygens (including phenoxy) is 2. The number of carboxylic acid groups (broad SMARTS) is 1. The van der Waals surface area contributed by atoms with Gasteiger partial charge in [0.05, 0.1) is 18.2 Å². The zero-order valence-corrected chi connectivity index (χ0v) is 19.1. The van der Waals surface area contributed by atoms with Crippen LogP contribution in [-0.2, 0) is 16.1 Å². The van der Waals surface area contributed by atoms with Crippen molar-refractivity contribution < 1.29 is 24.2 Å². The molecule has 9 heteroatoms. The van der Waals surface area contributed by atoms with Gasteiger partial charge < -0.3 is 19.5 Å². The molecule has 1 aliphatic rings. The number of carbonyl (C=O) groups is 2. The zero-order valence-electron chi connectivity index (χ0n) is 17.6. The number of morpholine rings is 1. The molecule has 1 heterocycles. The molecule has 7 nitrogen and oxygen atoms in total. The molecule has 0 radical (unpaired) electrons. The monoisotopic (exact) mass is 480 g/mol. The molecule has 0 spiro atoms. The van der Waals surface area contributed by atoms with Crippen LogP contribution < -0.4 is 4.74 Å². The number of benzene rings is 2. The quantitative estimate of drug-likeness (QED) is 0.556. The van der Waals surface area contributed by atoms with E-state index >= 15 is 0 Å². The molecule has 1 N–H and O–H groups in total. The zero-order chi connectivity index (χ0) is 22.9. The summed E-state index contributed by atoms with van der Waals surface area (Å²) in [6.45, 7) is 4.66. The summed E-state index contributed by atoms with van der Waals surface area (Å²) in [4.78, 5) is 28.5. The van der Waals surface area contributed by atoms with Crippen LogP contribution in [0.25, 0.3) is 0 Å².